The van der Waals surface area contributed by atoms with Crippen LogP contribution >= 0.6 is 23.6 Å². The molecule has 0 radical (unpaired) electrons. The third-order valence-electron chi connectivity index (χ3n) is 3.23. The van der Waals surface area contributed by atoms with Crippen molar-refractivity contribution in [3.63, 3.8) is 0 Å². The molecule has 2 N–H and O–H groups in total. The van der Waals surface area contributed by atoms with Crippen LogP contribution < -0.4 is 5.56 Å². The number of aromatic hydroxyl groups is 1. The van der Waals surface area contributed by atoms with Gasteiger partial charge in [-0.1, -0.05) is 23.5 Å². The molecule has 0 amide bonds. The maximum Gasteiger partial charge on any atom is 0.263 e. The van der Waals surface area contributed by atoms with Crippen molar-refractivity contribution < 1.29 is 5.11 Å². The average Bonchev–Trinajstić information content (AvgIpc) is 2.93. The van der Waals surface area contributed by atoms with E-state index in [0.29, 0.717) is 26.5 Å². The number of rotatable bonds is 3. The summed E-state index contributed by atoms with van der Waals surface area (Å²) in [6, 6.07) is 7.22. The van der Waals surface area contributed by atoms with Crippen molar-refractivity contribution in [1.82, 2.24) is 14.8 Å². The second-order valence-electron chi connectivity index (χ2n) is 4.48. The van der Waals surface area contributed by atoms with Crippen molar-refractivity contribution >= 4 is 45.8 Å². The van der Waals surface area contributed by atoms with E-state index in [4.69, 9.17) is 12.2 Å². The molecule has 0 fully saturated rings. The molecule has 0 atom stereocenters. The average molecular weight is 332 g/mol. The summed E-state index contributed by atoms with van der Waals surface area (Å²) in [5, 5.41) is 17.9. The Morgan fingerprint density at radius 2 is 2.27 bits per heavy atom. The molecule has 2 aromatic heterocycles. The lowest BCUT2D eigenvalue weighted by Gasteiger charge is -2.11. The van der Waals surface area contributed by atoms with Gasteiger partial charge in [0.05, 0.1) is 5.52 Å². The minimum Gasteiger partial charge on any atom is -0.506 e. The van der Waals surface area contributed by atoms with Gasteiger partial charge in [-0.2, -0.15) is 0 Å². The molecule has 3 rings (SSSR count). The second kappa shape index (κ2) is 5.82. The Kier molecular flexibility index (Phi) is 3.86. The molecule has 0 aliphatic rings. The van der Waals surface area contributed by atoms with Crippen molar-refractivity contribution in [2.45, 2.75) is 13.5 Å². The number of fused-ring (bicyclic) bond motifs is 1. The quantitative estimate of drug-likeness (QED) is 0.570. The number of aryl methyl sites for hydroxylation is 1. The minimum atomic E-state index is -0.290. The van der Waals surface area contributed by atoms with Crippen LogP contribution in [0.3, 0.4) is 0 Å². The largest absolute Gasteiger partial charge is 0.506 e. The van der Waals surface area contributed by atoms with E-state index >= 15 is 0 Å². The lowest BCUT2D eigenvalue weighted by Crippen LogP contribution is -2.23. The van der Waals surface area contributed by atoms with Crippen molar-refractivity contribution in [2.75, 3.05) is 0 Å². The molecule has 0 saturated heterocycles. The third-order valence-corrected chi connectivity index (χ3v) is 4.23. The molecule has 6 nitrogen and oxygen atoms in total. The summed E-state index contributed by atoms with van der Waals surface area (Å²) >= 11 is 6.12. The Hall–Kier alpha value is -2.32. The molecule has 1 aromatic carbocycles. The van der Waals surface area contributed by atoms with Gasteiger partial charge in [0.1, 0.15) is 11.3 Å². The molecule has 0 aliphatic carbocycles. The highest BCUT2D eigenvalue weighted by Gasteiger charge is 2.13. The molecule has 0 bridgehead atoms. The number of hydrogen-bond acceptors (Lipinski definition) is 6. The number of benzene rings is 1. The zero-order valence-electron chi connectivity index (χ0n) is 11.6. The van der Waals surface area contributed by atoms with Crippen LogP contribution in [0, 0.1) is 3.95 Å². The number of aromatic amines is 1. The van der Waals surface area contributed by atoms with E-state index in [-0.39, 0.29) is 16.9 Å². The summed E-state index contributed by atoms with van der Waals surface area (Å²) in [7, 11) is 0. The van der Waals surface area contributed by atoms with Gasteiger partial charge in [-0.25, -0.2) is 4.99 Å². The predicted octanol–water partition coefficient (Wildman–Crippen LogP) is 2.99. The van der Waals surface area contributed by atoms with Crippen LogP contribution in [-0.4, -0.2) is 26.1 Å². The van der Waals surface area contributed by atoms with Crippen LogP contribution in [0.1, 0.15) is 12.5 Å². The molecule has 112 valence electrons. The number of aromatic nitrogens is 3. The second-order valence-corrected chi connectivity index (χ2v) is 6.13. The molecule has 22 heavy (non-hydrogen) atoms. The fraction of sp³-hybridized carbons (Fsp3) is 0.143. The monoisotopic (exact) mass is 332 g/mol. The van der Waals surface area contributed by atoms with Crippen LogP contribution in [0.2, 0.25) is 0 Å². The number of nitrogens with one attached hydrogen (secondary N) is 1. The summed E-state index contributed by atoms with van der Waals surface area (Å²) in [6.45, 7) is 2.38. The molecule has 3 aromatic rings. The van der Waals surface area contributed by atoms with Crippen LogP contribution in [0.25, 0.3) is 10.9 Å². The maximum absolute atomic E-state index is 12.5. The highest BCUT2D eigenvalue weighted by Crippen LogP contribution is 2.25. The van der Waals surface area contributed by atoms with Crippen molar-refractivity contribution in [2.24, 2.45) is 4.99 Å². The lowest BCUT2D eigenvalue weighted by molar-refractivity contribution is 0.478. The zero-order valence-corrected chi connectivity index (χ0v) is 13.2. The van der Waals surface area contributed by atoms with Gasteiger partial charge >= 0.3 is 0 Å². The topological polar surface area (TPSA) is 83.3 Å². The van der Waals surface area contributed by atoms with E-state index in [1.165, 1.54) is 17.6 Å². The summed E-state index contributed by atoms with van der Waals surface area (Å²) in [4.78, 5) is 16.6. The lowest BCUT2D eigenvalue weighted by atomic mass is 10.1. The number of H-pyrrole nitrogens is 1. The normalized spacial score (nSPS) is 11.5. The smallest absolute Gasteiger partial charge is 0.263 e. The van der Waals surface area contributed by atoms with E-state index in [2.05, 4.69) is 15.2 Å². The third kappa shape index (κ3) is 2.46. The Balaban J connectivity index is 2.23. The number of para-hydroxylation sites is 1. The van der Waals surface area contributed by atoms with Crippen LogP contribution in [0.15, 0.2) is 34.1 Å². The first-order chi connectivity index (χ1) is 10.6. The molecule has 8 heteroatoms. The van der Waals surface area contributed by atoms with E-state index in [0.717, 1.165) is 0 Å². The van der Waals surface area contributed by atoms with Gasteiger partial charge in [-0.15, -0.1) is 5.10 Å². The van der Waals surface area contributed by atoms with Crippen LogP contribution in [0.4, 0.5) is 5.13 Å². The summed E-state index contributed by atoms with van der Waals surface area (Å²) in [6.07, 6.45) is 1.33. The first kappa shape index (κ1) is 14.6. The van der Waals surface area contributed by atoms with E-state index in [1.807, 2.05) is 19.1 Å². The first-order valence-electron chi connectivity index (χ1n) is 6.56. The SMILES string of the molecule is CCn1c(=O)c(C=Nc2n[nH]c(=S)s2)c(O)c2ccccc21. The summed E-state index contributed by atoms with van der Waals surface area (Å²) in [5.74, 6) is -0.0758. The number of pyridine rings is 1. The van der Waals surface area contributed by atoms with Gasteiger partial charge in [-0.3, -0.25) is 9.89 Å². The molecule has 0 spiro atoms. The fourth-order valence-electron chi connectivity index (χ4n) is 2.24. The Bertz CT molecular complexity index is 984. The first-order valence-corrected chi connectivity index (χ1v) is 7.78. The van der Waals surface area contributed by atoms with E-state index in [1.54, 1.807) is 16.7 Å². The summed E-state index contributed by atoms with van der Waals surface area (Å²) in [5.41, 5.74) is 0.545. The molecular formula is C14H12N4O2S2. The maximum atomic E-state index is 12.5. The highest BCUT2D eigenvalue weighted by molar-refractivity contribution is 7.73. The van der Waals surface area contributed by atoms with Gasteiger partial charge in [0.2, 0.25) is 5.13 Å². The Morgan fingerprint density at radius 3 is 2.95 bits per heavy atom. The van der Waals surface area contributed by atoms with Gasteiger partial charge in [0.15, 0.2) is 3.95 Å². The number of hydrogen-bond donors (Lipinski definition) is 2. The van der Waals surface area contributed by atoms with Crippen molar-refractivity contribution in [3.8, 4) is 5.75 Å². The summed E-state index contributed by atoms with van der Waals surface area (Å²) < 4.78 is 2.10. The molecular weight excluding hydrogens is 320 g/mol. The standard InChI is InChI=1S/C14H12N4O2S2/c1-2-18-10-6-4-3-5-8(10)11(19)9(12(18)20)7-15-13-16-17-14(21)22-13/h3-7,19H,2H2,1H3,(H,17,21). The Labute approximate surface area is 134 Å². The van der Waals surface area contributed by atoms with Crippen molar-refractivity contribution in [3.05, 3.63) is 44.1 Å². The van der Waals surface area contributed by atoms with Gasteiger partial charge < -0.3 is 9.67 Å². The van der Waals surface area contributed by atoms with E-state index < -0.39 is 0 Å². The molecule has 0 unspecified atom stereocenters. The number of aliphatic imine (C=N–C) groups is 1. The molecule has 0 aliphatic heterocycles. The molecule has 0 saturated carbocycles. The predicted molar refractivity (Wildman–Crippen MR) is 90.1 cm³/mol. The highest BCUT2D eigenvalue weighted by atomic mass is 32.1. The minimum absolute atomic E-state index is 0.0758. The van der Waals surface area contributed by atoms with Crippen LogP contribution in [-0.2, 0) is 6.54 Å². The van der Waals surface area contributed by atoms with Gasteiger partial charge in [0.25, 0.3) is 5.56 Å². The van der Waals surface area contributed by atoms with Gasteiger partial charge in [0, 0.05) is 18.1 Å². The van der Waals surface area contributed by atoms with Crippen LogP contribution in [0.5, 0.6) is 5.75 Å². The number of nitrogens with zero attached hydrogens (tertiary/aromatic N) is 3. The zero-order chi connectivity index (χ0) is 15.7. The van der Waals surface area contributed by atoms with Crippen molar-refractivity contribution in [1.29, 1.82) is 0 Å². The van der Waals surface area contributed by atoms with Gasteiger partial charge in [-0.05, 0) is 31.3 Å². The fourth-order valence-corrected chi connectivity index (χ4v) is 2.96. The Morgan fingerprint density at radius 1 is 1.50 bits per heavy atom. The molecule has 2 heterocycles. The van der Waals surface area contributed by atoms with E-state index in [9.17, 15) is 9.90 Å².